The highest BCUT2D eigenvalue weighted by molar-refractivity contribution is 6.33. The fraction of sp³-hybridized carbons (Fsp3) is 0.0909. The van der Waals surface area contributed by atoms with Gasteiger partial charge >= 0.3 is 0 Å². The van der Waals surface area contributed by atoms with Gasteiger partial charge in [-0.15, -0.1) is 0 Å². The van der Waals surface area contributed by atoms with Crippen LogP contribution >= 0.6 is 11.6 Å². The van der Waals surface area contributed by atoms with Crippen LogP contribution in [0, 0.1) is 5.82 Å². The van der Waals surface area contributed by atoms with Crippen LogP contribution in [-0.2, 0) is 0 Å². The highest BCUT2D eigenvalue weighted by atomic mass is 35.5. The molecular formula is C22H16ClFN4. The van der Waals surface area contributed by atoms with Crippen molar-refractivity contribution < 1.29 is 4.39 Å². The van der Waals surface area contributed by atoms with Crippen LogP contribution in [0.5, 0.6) is 0 Å². The molecule has 28 heavy (non-hydrogen) atoms. The third-order valence-electron chi connectivity index (χ3n) is 5.05. The average Bonchev–Trinajstić information content (AvgIpc) is 3.05. The summed E-state index contributed by atoms with van der Waals surface area (Å²) in [6.45, 7) is 0.610. The van der Waals surface area contributed by atoms with Crippen LogP contribution in [0.4, 0.5) is 21.5 Å². The summed E-state index contributed by atoms with van der Waals surface area (Å²) in [4.78, 5) is 13.1. The molecule has 3 heterocycles. The van der Waals surface area contributed by atoms with E-state index in [1.807, 2.05) is 43.7 Å². The Morgan fingerprint density at radius 1 is 1.00 bits per heavy atom. The van der Waals surface area contributed by atoms with E-state index in [1.165, 1.54) is 12.1 Å². The predicted molar refractivity (Wildman–Crippen MR) is 112 cm³/mol. The number of anilines is 3. The molecule has 0 N–H and O–H groups in total. The van der Waals surface area contributed by atoms with Crippen LogP contribution in [-0.4, -0.2) is 23.7 Å². The minimum absolute atomic E-state index is 0.347. The molecule has 0 atom stereocenters. The van der Waals surface area contributed by atoms with E-state index in [-0.39, 0.29) is 5.82 Å². The van der Waals surface area contributed by atoms with Crippen LogP contribution in [0.15, 0.2) is 67.1 Å². The maximum Gasteiger partial charge on any atom is 0.124 e. The number of hydrogen-bond donors (Lipinski definition) is 0. The van der Waals surface area contributed by atoms with Crippen LogP contribution in [0.2, 0.25) is 5.02 Å². The monoisotopic (exact) mass is 390 g/mol. The zero-order chi connectivity index (χ0) is 19.3. The molecule has 1 aliphatic heterocycles. The molecule has 138 valence electrons. The van der Waals surface area contributed by atoms with Crippen molar-refractivity contribution in [2.45, 2.75) is 0 Å². The number of benzene rings is 2. The van der Waals surface area contributed by atoms with Crippen LogP contribution < -0.4 is 9.80 Å². The Hall–Kier alpha value is -3.18. The van der Waals surface area contributed by atoms with Crippen molar-refractivity contribution in [3.8, 4) is 11.1 Å². The molecule has 0 aliphatic carbocycles. The van der Waals surface area contributed by atoms with Crippen LogP contribution in [0.1, 0.15) is 0 Å². The minimum atomic E-state index is -0.347. The van der Waals surface area contributed by atoms with Gasteiger partial charge in [-0.25, -0.2) is 4.39 Å². The fourth-order valence-corrected chi connectivity index (χ4v) is 3.97. The quantitative estimate of drug-likeness (QED) is 0.443. The third-order valence-corrected chi connectivity index (χ3v) is 5.35. The topological polar surface area (TPSA) is 32.3 Å². The maximum absolute atomic E-state index is 13.6. The molecule has 0 fully saturated rings. The summed E-state index contributed by atoms with van der Waals surface area (Å²) in [6, 6.07) is 14.6. The normalized spacial score (nSPS) is 13.2. The minimum Gasteiger partial charge on any atom is -0.354 e. The van der Waals surface area contributed by atoms with Gasteiger partial charge < -0.3 is 9.80 Å². The average molecular weight is 391 g/mol. The lowest BCUT2D eigenvalue weighted by Gasteiger charge is -2.21. The van der Waals surface area contributed by atoms with Gasteiger partial charge in [-0.2, -0.15) is 0 Å². The van der Waals surface area contributed by atoms with E-state index in [9.17, 15) is 4.39 Å². The van der Waals surface area contributed by atoms with E-state index in [2.05, 4.69) is 25.8 Å². The smallest absolute Gasteiger partial charge is 0.124 e. The van der Waals surface area contributed by atoms with Crippen LogP contribution in [0.25, 0.3) is 22.0 Å². The zero-order valence-corrected chi connectivity index (χ0v) is 15.9. The highest BCUT2D eigenvalue weighted by Gasteiger charge is 2.28. The molecule has 1 aliphatic rings. The summed E-state index contributed by atoms with van der Waals surface area (Å²) in [5, 5.41) is 1.40. The van der Waals surface area contributed by atoms with Gasteiger partial charge in [0.15, 0.2) is 0 Å². The SMILES string of the molecule is CN1CN(c2ccc(F)cc2Cl)c2c1cnc1ccc(-c3cccnc3)cc21. The number of nitrogens with zero attached hydrogens (tertiary/aromatic N) is 4. The van der Waals surface area contributed by atoms with Crippen molar-refractivity contribution in [1.29, 1.82) is 0 Å². The van der Waals surface area contributed by atoms with E-state index in [0.717, 1.165) is 39.1 Å². The fourth-order valence-electron chi connectivity index (χ4n) is 3.70. The number of halogens is 2. The first-order chi connectivity index (χ1) is 13.6. The standard InChI is InChI=1S/C22H16ClFN4/c1-27-13-28(20-7-5-16(24)10-18(20)23)22-17-9-14(15-3-2-8-25-11-15)4-6-19(17)26-12-21(22)27/h2-12H,13H2,1H3. The van der Waals surface area contributed by atoms with Gasteiger partial charge in [-0.3, -0.25) is 9.97 Å². The van der Waals surface area contributed by atoms with E-state index in [0.29, 0.717) is 11.7 Å². The number of hydrogen-bond acceptors (Lipinski definition) is 4. The van der Waals surface area contributed by atoms with Gasteiger partial charge in [0.25, 0.3) is 0 Å². The molecule has 6 heteroatoms. The first-order valence-electron chi connectivity index (χ1n) is 8.89. The molecule has 0 saturated carbocycles. The molecule has 4 aromatic rings. The van der Waals surface area contributed by atoms with Gasteiger partial charge in [-0.05, 0) is 42.0 Å². The van der Waals surface area contributed by atoms with E-state index < -0.39 is 0 Å². The molecule has 4 nitrogen and oxygen atoms in total. The molecule has 0 spiro atoms. The van der Waals surface area contributed by atoms with Gasteiger partial charge in [-0.1, -0.05) is 23.7 Å². The second kappa shape index (κ2) is 6.46. The Labute approximate surface area is 166 Å². The summed E-state index contributed by atoms with van der Waals surface area (Å²) in [5.41, 5.74) is 5.80. The summed E-state index contributed by atoms with van der Waals surface area (Å²) in [6.07, 6.45) is 5.48. The molecule has 0 unspecified atom stereocenters. The number of fused-ring (bicyclic) bond motifs is 3. The van der Waals surface area contributed by atoms with E-state index >= 15 is 0 Å². The molecular weight excluding hydrogens is 375 g/mol. The number of rotatable bonds is 2. The lowest BCUT2D eigenvalue weighted by atomic mass is 10.0. The highest BCUT2D eigenvalue weighted by Crippen LogP contribution is 2.46. The second-order valence-corrected chi connectivity index (χ2v) is 7.24. The van der Waals surface area contributed by atoms with E-state index in [4.69, 9.17) is 11.6 Å². The molecule has 2 aromatic carbocycles. The van der Waals surface area contributed by atoms with Crippen molar-refractivity contribution in [3.63, 3.8) is 0 Å². The van der Waals surface area contributed by atoms with Gasteiger partial charge in [0.2, 0.25) is 0 Å². The molecule has 2 aromatic heterocycles. The predicted octanol–water partition coefficient (Wildman–Crippen LogP) is 5.63. The van der Waals surface area contributed by atoms with Gasteiger partial charge in [0.05, 0.1) is 40.5 Å². The molecule has 0 bridgehead atoms. The third kappa shape index (κ3) is 2.67. The van der Waals surface area contributed by atoms with Crippen molar-refractivity contribution in [1.82, 2.24) is 9.97 Å². The Bertz CT molecular complexity index is 1200. The Balaban J connectivity index is 1.74. The first-order valence-corrected chi connectivity index (χ1v) is 9.26. The summed E-state index contributed by atoms with van der Waals surface area (Å²) >= 11 is 6.38. The van der Waals surface area contributed by atoms with Crippen LogP contribution in [0.3, 0.4) is 0 Å². The summed E-state index contributed by atoms with van der Waals surface area (Å²) in [5.74, 6) is -0.347. The molecule has 5 rings (SSSR count). The lowest BCUT2D eigenvalue weighted by molar-refractivity contribution is 0.628. The Morgan fingerprint density at radius 3 is 2.68 bits per heavy atom. The van der Waals surface area contributed by atoms with Gasteiger partial charge in [0.1, 0.15) is 5.82 Å². The van der Waals surface area contributed by atoms with Crippen molar-refractivity contribution in [3.05, 3.63) is 78.0 Å². The molecule has 0 radical (unpaired) electrons. The number of aromatic nitrogens is 2. The first kappa shape index (κ1) is 17.0. The Morgan fingerprint density at radius 2 is 1.89 bits per heavy atom. The lowest BCUT2D eigenvalue weighted by Crippen LogP contribution is -2.24. The summed E-state index contributed by atoms with van der Waals surface area (Å²) < 4.78 is 13.6. The second-order valence-electron chi connectivity index (χ2n) is 6.83. The van der Waals surface area contributed by atoms with Crippen molar-refractivity contribution in [2.75, 3.05) is 23.5 Å². The number of pyridine rings is 2. The van der Waals surface area contributed by atoms with E-state index in [1.54, 1.807) is 12.3 Å². The molecule has 0 saturated heterocycles. The summed E-state index contributed by atoms with van der Waals surface area (Å²) in [7, 11) is 2.01. The van der Waals surface area contributed by atoms with Crippen molar-refractivity contribution >= 4 is 39.6 Å². The maximum atomic E-state index is 13.6. The zero-order valence-electron chi connectivity index (χ0n) is 15.1. The van der Waals surface area contributed by atoms with Crippen molar-refractivity contribution in [2.24, 2.45) is 0 Å². The molecule has 0 amide bonds. The Kier molecular flexibility index (Phi) is 3.91. The largest absolute Gasteiger partial charge is 0.354 e. The van der Waals surface area contributed by atoms with Gasteiger partial charge in [0, 0.05) is 30.4 Å².